The minimum Gasteiger partial charge on any atom is -0.481 e. The number of H-pyrrole nitrogens is 1. The van der Waals surface area contributed by atoms with Crippen LogP contribution >= 0.6 is 0 Å². The molecule has 64 heavy (non-hydrogen) atoms. The van der Waals surface area contributed by atoms with Gasteiger partial charge in [-0.1, -0.05) is 51.3 Å². The molecule has 3 saturated carbocycles. The molecule has 3 aliphatic carbocycles. The second kappa shape index (κ2) is 19.0. The molecule has 6 aliphatic rings. The van der Waals surface area contributed by atoms with Gasteiger partial charge in [0.15, 0.2) is 0 Å². The Morgan fingerprint density at radius 2 is 1.33 bits per heavy atom. The number of nitrogens with zero attached hydrogens (tertiary/aromatic N) is 4. The van der Waals surface area contributed by atoms with Crippen molar-refractivity contribution in [3.05, 3.63) is 65.5 Å². The molecule has 2 amide bonds. The van der Waals surface area contributed by atoms with E-state index in [-0.39, 0.29) is 41.5 Å². The molecule has 6 fully saturated rings. The zero-order valence-electron chi connectivity index (χ0n) is 38.5. The van der Waals surface area contributed by atoms with E-state index in [1.807, 2.05) is 4.90 Å². The Labute approximate surface area is 378 Å². The maximum Gasteiger partial charge on any atom is 0.306 e. The van der Waals surface area contributed by atoms with Gasteiger partial charge in [0.2, 0.25) is 11.8 Å². The zero-order valence-corrected chi connectivity index (χ0v) is 38.5. The fourth-order valence-corrected chi connectivity index (χ4v) is 13.0. The summed E-state index contributed by atoms with van der Waals surface area (Å²) in [5, 5.41) is 21.6. The van der Waals surface area contributed by atoms with Gasteiger partial charge in [0, 0.05) is 98.0 Å². The summed E-state index contributed by atoms with van der Waals surface area (Å²) in [4.78, 5) is 60.0. The second-order valence-corrected chi connectivity index (χ2v) is 20.6. The molecule has 7 atom stereocenters. The van der Waals surface area contributed by atoms with Crippen molar-refractivity contribution in [3.63, 3.8) is 0 Å². The molecule has 11 nitrogen and oxygen atoms in total. The highest BCUT2D eigenvalue weighted by Crippen LogP contribution is 2.46. The summed E-state index contributed by atoms with van der Waals surface area (Å²) >= 11 is 0. The fraction of sp³-hybridized carbons (Fsp3) is 0.623. The average molecular weight is 874 g/mol. The number of benzene rings is 2. The van der Waals surface area contributed by atoms with Gasteiger partial charge in [-0.3, -0.25) is 19.2 Å². The summed E-state index contributed by atoms with van der Waals surface area (Å²) in [6, 6.07) is 13.5. The first kappa shape index (κ1) is 44.4. The molecule has 11 heteroatoms. The molecular formula is C53H71N5O6. The van der Waals surface area contributed by atoms with Crippen LogP contribution in [0, 0.1) is 23.7 Å². The Morgan fingerprint density at radius 1 is 0.672 bits per heavy atom. The number of anilines is 1. The van der Waals surface area contributed by atoms with Crippen LogP contribution in [0.1, 0.15) is 157 Å². The average Bonchev–Trinajstić information content (AvgIpc) is 3.97. The normalized spacial score (nSPS) is 26.1. The van der Waals surface area contributed by atoms with Gasteiger partial charge >= 0.3 is 11.9 Å². The number of piperidine rings is 3. The molecule has 7 unspecified atom stereocenters. The molecule has 2 aromatic carbocycles. The molecular weight excluding hydrogens is 803 g/mol. The molecule has 344 valence electrons. The lowest BCUT2D eigenvalue weighted by molar-refractivity contribution is -0.152. The van der Waals surface area contributed by atoms with Crippen molar-refractivity contribution in [3.8, 4) is 0 Å². The molecule has 0 spiro atoms. The van der Waals surface area contributed by atoms with Crippen LogP contribution in [-0.4, -0.2) is 91.6 Å². The van der Waals surface area contributed by atoms with Gasteiger partial charge in [-0.05, 0) is 142 Å². The van der Waals surface area contributed by atoms with Crippen LogP contribution in [0.5, 0.6) is 0 Å². The second-order valence-electron chi connectivity index (χ2n) is 20.6. The highest BCUT2D eigenvalue weighted by molar-refractivity contribution is 5.96. The molecule has 5 heterocycles. The Kier molecular flexibility index (Phi) is 13.2. The third kappa shape index (κ3) is 8.93. The van der Waals surface area contributed by atoms with Gasteiger partial charge in [0.1, 0.15) is 0 Å². The quantitative estimate of drug-likeness (QED) is 0.144. The Bertz CT molecular complexity index is 2330. The van der Waals surface area contributed by atoms with Crippen molar-refractivity contribution in [1.82, 2.24) is 19.4 Å². The van der Waals surface area contributed by atoms with E-state index in [0.29, 0.717) is 49.5 Å². The molecule has 4 aromatic rings. The molecule has 3 aliphatic heterocycles. The zero-order chi connectivity index (χ0) is 44.6. The van der Waals surface area contributed by atoms with Crippen molar-refractivity contribution < 1.29 is 29.4 Å². The topological polar surface area (TPSA) is 139 Å². The van der Waals surface area contributed by atoms with E-state index in [0.717, 1.165) is 75.9 Å². The number of aliphatic carboxylic acids is 2. The number of carboxylic acid groups (broad SMARTS) is 2. The summed E-state index contributed by atoms with van der Waals surface area (Å²) in [7, 11) is 2.10. The Balaban J connectivity index is 0.000000162. The number of aromatic nitrogens is 2. The lowest BCUT2D eigenvalue weighted by atomic mass is 9.71. The van der Waals surface area contributed by atoms with E-state index in [2.05, 4.69) is 89.0 Å². The van der Waals surface area contributed by atoms with E-state index in [9.17, 15) is 29.4 Å². The number of hydrogen-bond donors (Lipinski definition) is 3. The summed E-state index contributed by atoms with van der Waals surface area (Å²) in [6.45, 7) is 7.57. The first-order chi connectivity index (χ1) is 31.0. The van der Waals surface area contributed by atoms with Gasteiger partial charge in [0.05, 0.1) is 11.8 Å². The van der Waals surface area contributed by atoms with Crippen molar-refractivity contribution >= 4 is 51.2 Å². The van der Waals surface area contributed by atoms with Crippen LogP contribution in [0.3, 0.4) is 0 Å². The molecule has 0 radical (unpaired) electrons. The maximum absolute atomic E-state index is 13.5. The highest BCUT2D eigenvalue weighted by Gasteiger charge is 2.44. The molecule has 2 aromatic heterocycles. The number of nitrogens with one attached hydrogen (secondary N) is 1. The van der Waals surface area contributed by atoms with Crippen LogP contribution in [0.4, 0.5) is 5.69 Å². The SMILES string of the molecule is CC(CC(=O)N1CCCC2C(C(=O)O)CCCC21)c1cn(C)c2cccc(C3CC3)c12.CC(CC(=O)N1CCCC2CCCCC21)c1c[nH]c2cccc(N3CCC(C(=O)O)CC3)c12. The first-order valence-electron chi connectivity index (χ1n) is 25.0. The third-order valence-electron chi connectivity index (χ3n) is 16.6. The molecule has 10 rings (SSSR count). The highest BCUT2D eigenvalue weighted by atomic mass is 16.4. The van der Waals surface area contributed by atoms with Crippen molar-refractivity contribution in [2.24, 2.45) is 30.7 Å². The fourth-order valence-electron chi connectivity index (χ4n) is 13.0. The summed E-state index contributed by atoms with van der Waals surface area (Å²) in [5.41, 5.74) is 7.44. The van der Waals surface area contributed by atoms with E-state index in [1.54, 1.807) is 0 Å². The Morgan fingerprint density at radius 3 is 2.05 bits per heavy atom. The van der Waals surface area contributed by atoms with Crippen LogP contribution in [0.15, 0.2) is 48.8 Å². The third-order valence-corrected chi connectivity index (χ3v) is 16.6. The summed E-state index contributed by atoms with van der Waals surface area (Å²) < 4.78 is 2.20. The first-order valence-corrected chi connectivity index (χ1v) is 25.0. The van der Waals surface area contributed by atoms with E-state index >= 15 is 0 Å². The van der Waals surface area contributed by atoms with Gasteiger partial charge < -0.3 is 34.5 Å². The molecule has 3 N–H and O–H groups in total. The number of carbonyl (C=O) groups excluding carboxylic acids is 2. The van der Waals surface area contributed by atoms with Gasteiger partial charge in [0.25, 0.3) is 0 Å². The van der Waals surface area contributed by atoms with Crippen LogP contribution < -0.4 is 4.90 Å². The minimum atomic E-state index is -0.680. The minimum absolute atomic E-state index is 0.109. The molecule has 3 saturated heterocycles. The number of fused-ring (bicyclic) bond motifs is 4. The molecule has 0 bridgehead atoms. The number of amides is 2. The summed E-state index contributed by atoms with van der Waals surface area (Å²) in [6.07, 6.45) is 21.2. The van der Waals surface area contributed by atoms with Gasteiger partial charge in [-0.25, -0.2) is 0 Å². The number of carboxylic acids is 2. The monoisotopic (exact) mass is 874 g/mol. The van der Waals surface area contributed by atoms with E-state index in [1.165, 1.54) is 77.9 Å². The predicted molar refractivity (Wildman–Crippen MR) is 252 cm³/mol. The number of hydrogen-bond acceptors (Lipinski definition) is 5. The number of carbonyl (C=O) groups is 4. The predicted octanol–water partition coefficient (Wildman–Crippen LogP) is 10.2. The number of aromatic amines is 1. The van der Waals surface area contributed by atoms with Crippen molar-refractivity contribution in [2.75, 3.05) is 31.1 Å². The van der Waals surface area contributed by atoms with Crippen LogP contribution in [0.25, 0.3) is 21.8 Å². The summed E-state index contributed by atoms with van der Waals surface area (Å²) in [5.74, 6) is 0.414. The lowest BCUT2D eigenvalue weighted by Gasteiger charge is -2.46. The number of aryl methyl sites for hydroxylation is 1. The van der Waals surface area contributed by atoms with Crippen molar-refractivity contribution in [2.45, 2.75) is 153 Å². The van der Waals surface area contributed by atoms with Gasteiger partial charge in [-0.15, -0.1) is 0 Å². The standard InChI is InChI=1S/C27H37N3O3.C26H34N2O3/c1-18(16-25(31)30-13-5-7-19-6-2-3-9-23(19)30)21-17-28-22-8-4-10-24(26(21)22)29-14-11-20(12-15-29)27(32)33;1-16(21-15-27(2)23-10-3-6-18(25(21)23)17-11-12-17)14-24(29)28-13-5-8-19-20(26(30)31)7-4-9-22(19)28/h4,8,10,17-20,23,28H,2-3,5-7,9,11-16H2,1H3,(H,32,33);3,6,10,15-17,19-20,22H,4-5,7-9,11-14H2,1-2H3,(H,30,31). The van der Waals surface area contributed by atoms with Crippen LogP contribution in [0.2, 0.25) is 0 Å². The number of likely N-dealkylation sites (tertiary alicyclic amines) is 2. The van der Waals surface area contributed by atoms with Crippen LogP contribution in [-0.2, 0) is 26.2 Å². The smallest absolute Gasteiger partial charge is 0.306 e. The largest absolute Gasteiger partial charge is 0.481 e. The van der Waals surface area contributed by atoms with Gasteiger partial charge in [-0.2, -0.15) is 0 Å². The van der Waals surface area contributed by atoms with Crippen molar-refractivity contribution in [1.29, 1.82) is 0 Å². The lowest BCUT2D eigenvalue weighted by Crippen LogP contribution is -2.53. The maximum atomic E-state index is 13.5. The number of rotatable bonds is 10. The Hall–Kier alpha value is -4.80. The van der Waals surface area contributed by atoms with E-state index in [4.69, 9.17) is 0 Å². The van der Waals surface area contributed by atoms with E-state index < -0.39 is 11.9 Å².